The Morgan fingerprint density at radius 2 is 2.38 bits per heavy atom. The summed E-state index contributed by atoms with van der Waals surface area (Å²) in [6.07, 6.45) is 2.65. The van der Waals surface area contributed by atoms with Gasteiger partial charge < -0.3 is 15.0 Å². The molecule has 2 rings (SSSR count). The maximum absolute atomic E-state index is 12.5. The second-order valence-corrected chi connectivity index (χ2v) is 5.33. The summed E-state index contributed by atoms with van der Waals surface area (Å²) < 4.78 is 5.67. The van der Waals surface area contributed by atoms with Crippen molar-refractivity contribution >= 4 is 18.3 Å². The molecule has 0 bridgehead atoms. The lowest BCUT2D eigenvalue weighted by molar-refractivity contribution is 0.0708. The fraction of sp³-hybridized carbons (Fsp3) is 0.600. The summed E-state index contributed by atoms with van der Waals surface area (Å²) in [6, 6.07) is 3.82. The van der Waals surface area contributed by atoms with Gasteiger partial charge in [0.1, 0.15) is 0 Å². The van der Waals surface area contributed by atoms with E-state index < -0.39 is 0 Å². The molecule has 1 unspecified atom stereocenters. The van der Waals surface area contributed by atoms with Gasteiger partial charge in [0.25, 0.3) is 5.91 Å². The zero-order valence-electron chi connectivity index (χ0n) is 12.8. The number of aromatic nitrogens is 1. The Bertz CT molecular complexity index is 470. The first-order valence-electron chi connectivity index (χ1n) is 7.25. The summed E-state index contributed by atoms with van der Waals surface area (Å²) in [7, 11) is 0. The van der Waals surface area contributed by atoms with Crippen LogP contribution in [0.3, 0.4) is 0 Å². The first-order valence-corrected chi connectivity index (χ1v) is 7.25. The molecule has 1 aliphatic heterocycles. The number of hydrogen-bond donors (Lipinski definition) is 1. The van der Waals surface area contributed by atoms with Crippen LogP contribution in [0.25, 0.3) is 0 Å². The number of piperazine rings is 1. The molecule has 6 heteroatoms. The van der Waals surface area contributed by atoms with Crippen LogP contribution < -0.4 is 10.1 Å². The Morgan fingerprint density at radius 3 is 3.05 bits per heavy atom. The maximum Gasteiger partial charge on any atom is 0.254 e. The molecule has 2 heterocycles. The van der Waals surface area contributed by atoms with Crippen LogP contribution in [0.5, 0.6) is 5.88 Å². The van der Waals surface area contributed by atoms with Gasteiger partial charge in [0.2, 0.25) is 5.88 Å². The molecule has 1 N–H and O–H groups in total. The molecule has 21 heavy (non-hydrogen) atoms. The number of carbonyl (C=O) groups excluding carboxylic acids is 1. The molecule has 0 aliphatic carbocycles. The van der Waals surface area contributed by atoms with E-state index in [0.717, 1.165) is 26.1 Å². The molecular weight excluding hydrogens is 290 g/mol. The van der Waals surface area contributed by atoms with Crippen molar-refractivity contribution in [2.45, 2.75) is 39.3 Å². The van der Waals surface area contributed by atoms with Gasteiger partial charge in [-0.3, -0.25) is 4.79 Å². The van der Waals surface area contributed by atoms with Crippen LogP contribution in [-0.4, -0.2) is 47.6 Å². The van der Waals surface area contributed by atoms with Crippen LogP contribution >= 0.6 is 12.4 Å². The van der Waals surface area contributed by atoms with E-state index in [-0.39, 0.29) is 24.4 Å². The van der Waals surface area contributed by atoms with Crippen molar-refractivity contribution < 1.29 is 9.53 Å². The fourth-order valence-electron chi connectivity index (χ4n) is 2.20. The van der Waals surface area contributed by atoms with E-state index in [0.29, 0.717) is 17.5 Å². The first kappa shape index (κ1) is 17.7. The molecule has 1 aliphatic rings. The van der Waals surface area contributed by atoms with Crippen LogP contribution in [0.15, 0.2) is 18.3 Å². The molecule has 2 atom stereocenters. The van der Waals surface area contributed by atoms with Crippen molar-refractivity contribution in [3.63, 3.8) is 0 Å². The summed E-state index contributed by atoms with van der Waals surface area (Å²) in [5.41, 5.74) is 0.646. The molecule has 1 amide bonds. The lowest BCUT2D eigenvalue weighted by Crippen LogP contribution is -2.51. The van der Waals surface area contributed by atoms with Crippen LogP contribution in [-0.2, 0) is 0 Å². The Labute approximate surface area is 132 Å². The molecule has 1 fully saturated rings. The Hall–Kier alpha value is -1.33. The number of hydrogen-bond acceptors (Lipinski definition) is 4. The normalized spacial score (nSPS) is 19.6. The minimum atomic E-state index is 0. The van der Waals surface area contributed by atoms with Gasteiger partial charge in [0.15, 0.2) is 0 Å². The number of rotatable bonds is 4. The van der Waals surface area contributed by atoms with Gasteiger partial charge in [-0.15, -0.1) is 12.4 Å². The topological polar surface area (TPSA) is 54.5 Å². The second kappa shape index (κ2) is 8.20. The van der Waals surface area contributed by atoms with Gasteiger partial charge in [-0.05, 0) is 26.3 Å². The molecule has 0 radical (unpaired) electrons. The highest BCUT2D eigenvalue weighted by molar-refractivity contribution is 5.94. The highest BCUT2D eigenvalue weighted by atomic mass is 35.5. The van der Waals surface area contributed by atoms with E-state index in [1.807, 2.05) is 11.8 Å². The number of nitrogens with zero attached hydrogens (tertiary/aromatic N) is 2. The molecule has 1 aromatic rings. The Balaban J connectivity index is 0.00000220. The van der Waals surface area contributed by atoms with Crippen LogP contribution in [0.4, 0.5) is 0 Å². The summed E-state index contributed by atoms with van der Waals surface area (Å²) in [5.74, 6) is 0.572. The van der Waals surface area contributed by atoms with Gasteiger partial charge >= 0.3 is 0 Å². The van der Waals surface area contributed by atoms with Crippen molar-refractivity contribution in [2.24, 2.45) is 0 Å². The van der Waals surface area contributed by atoms with Crippen LogP contribution in [0, 0.1) is 0 Å². The monoisotopic (exact) mass is 313 g/mol. The van der Waals surface area contributed by atoms with E-state index in [4.69, 9.17) is 4.74 Å². The zero-order chi connectivity index (χ0) is 14.5. The average Bonchev–Trinajstić information content (AvgIpc) is 2.46. The number of ether oxygens (including phenoxy) is 1. The summed E-state index contributed by atoms with van der Waals surface area (Å²) >= 11 is 0. The highest BCUT2D eigenvalue weighted by Crippen LogP contribution is 2.15. The van der Waals surface area contributed by atoms with E-state index in [1.54, 1.807) is 18.3 Å². The van der Waals surface area contributed by atoms with Crippen LogP contribution in [0.1, 0.15) is 37.6 Å². The minimum Gasteiger partial charge on any atom is -0.475 e. The van der Waals surface area contributed by atoms with Crippen molar-refractivity contribution in [3.8, 4) is 5.88 Å². The summed E-state index contributed by atoms with van der Waals surface area (Å²) in [5, 5.41) is 3.33. The van der Waals surface area contributed by atoms with E-state index in [2.05, 4.69) is 24.1 Å². The lowest BCUT2D eigenvalue weighted by Gasteiger charge is -2.32. The molecule has 1 aromatic heterocycles. The maximum atomic E-state index is 12.5. The van der Waals surface area contributed by atoms with Gasteiger partial charge in [0, 0.05) is 43.5 Å². The van der Waals surface area contributed by atoms with Crippen molar-refractivity contribution in [1.29, 1.82) is 0 Å². The predicted octanol–water partition coefficient (Wildman–Crippen LogP) is 2.11. The number of nitrogens with one attached hydrogen (secondary N) is 1. The number of amides is 1. The van der Waals surface area contributed by atoms with Crippen molar-refractivity contribution in [3.05, 3.63) is 23.9 Å². The third-order valence-electron chi connectivity index (χ3n) is 3.53. The SMILES string of the molecule is CCC(C)Oc1cc(C(=O)N2CCN[C@H](C)C2)ccn1.Cl. The zero-order valence-corrected chi connectivity index (χ0v) is 13.7. The van der Waals surface area contributed by atoms with Gasteiger partial charge in [-0.2, -0.15) is 0 Å². The molecular formula is C15H24ClN3O2. The second-order valence-electron chi connectivity index (χ2n) is 5.33. The van der Waals surface area contributed by atoms with Crippen molar-refractivity contribution in [1.82, 2.24) is 15.2 Å². The Morgan fingerprint density at radius 1 is 1.62 bits per heavy atom. The molecule has 118 valence electrons. The van der Waals surface area contributed by atoms with E-state index >= 15 is 0 Å². The predicted molar refractivity (Wildman–Crippen MR) is 85.2 cm³/mol. The number of carbonyl (C=O) groups is 1. The minimum absolute atomic E-state index is 0. The van der Waals surface area contributed by atoms with E-state index in [1.165, 1.54) is 0 Å². The van der Waals surface area contributed by atoms with E-state index in [9.17, 15) is 4.79 Å². The van der Waals surface area contributed by atoms with Gasteiger partial charge in [0.05, 0.1) is 6.10 Å². The summed E-state index contributed by atoms with van der Waals surface area (Å²) in [4.78, 5) is 18.5. The largest absolute Gasteiger partial charge is 0.475 e. The highest BCUT2D eigenvalue weighted by Gasteiger charge is 2.22. The Kier molecular flexibility index (Phi) is 6.92. The molecule has 0 spiro atoms. The quantitative estimate of drug-likeness (QED) is 0.925. The molecule has 0 aromatic carbocycles. The fourth-order valence-corrected chi connectivity index (χ4v) is 2.20. The third-order valence-corrected chi connectivity index (χ3v) is 3.53. The number of halogens is 1. The van der Waals surface area contributed by atoms with Crippen LogP contribution in [0.2, 0.25) is 0 Å². The first-order chi connectivity index (χ1) is 9.60. The smallest absolute Gasteiger partial charge is 0.254 e. The van der Waals surface area contributed by atoms with Gasteiger partial charge in [-0.25, -0.2) is 4.98 Å². The summed E-state index contributed by atoms with van der Waals surface area (Å²) in [6.45, 7) is 8.46. The third kappa shape index (κ3) is 4.86. The van der Waals surface area contributed by atoms with Crippen molar-refractivity contribution in [2.75, 3.05) is 19.6 Å². The van der Waals surface area contributed by atoms with Gasteiger partial charge in [-0.1, -0.05) is 6.92 Å². The molecule has 1 saturated heterocycles. The molecule has 0 saturated carbocycles. The lowest BCUT2D eigenvalue weighted by atomic mass is 10.2. The molecule has 5 nitrogen and oxygen atoms in total. The average molecular weight is 314 g/mol. The standard InChI is InChI=1S/C15H23N3O2.ClH/c1-4-12(3)20-14-9-13(5-6-17-14)15(19)18-8-7-16-11(2)10-18;/h5-6,9,11-12,16H,4,7-8,10H2,1-3H3;1H/t11-,12?;/m1./s1. The number of pyridine rings is 1.